The van der Waals surface area contributed by atoms with E-state index in [0.717, 1.165) is 16.3 Å². The first kappa shape index (κ1) is 17.9. The first-order chi connectivity index (χ1) is 11.3. The molecule has 0 saturated heterocycles. The summed E-state index contributed by atoms with van der Waals surface area (Å²) in [5, 5.41) is 14.0. The van der Waals surface area contributed by atoms with Crippen molar-refractivity contribution >= 4 is 23.2 Å². The molecule has 0 atom stereocenters. The van der Waals surface area contributed by atoms with Gasteiger partial charge in [-0.2, -0.15) is 0 Å². The zero-order valence-corrected chi connectivity index (χ0v) is 14.6. The highest BCUT2D eigenvalue weighted by Gasteiger charge is 2.28. The number of carboxylic acid groups (broad SMARTS) is 1. The Morgan fingerprint density at radius 3 is 2.58 bits per heavy atom. The topological polar surface area (TPSA) is 88.5 Å². The van der Waals surface area contributed by atoms with Crippen LogP contribution >= 0.6 is 11.3 Å². The zero-order valence-electron chi connectivity index (χ0n) is 13.8. The number of thiazole rings is 1. The quantitative estimate of drug-likeness (QED) is 0.803. The van der Waals surface area contributed by atoms with Gasteiger partial charge in [0.15, 0.2) is 0 Å². The van der Waals surface area contributed by atoms with E-state index >= 15 is 0 Å². The van der Waals surface area contributed by atoms with Crippen LogP contribution in [0.1, 0.15) is 30.1 Å². The van der Waals surface area contributed by atoms with Crippen LogP contribution in [0.2, 0.25) is 0 Å². The molecule has 0 aliphatic rings. The number of aliphatic carboxylic acids is 1. The molecule has 0 aliphatic heterocycles. The minimum atomic E-state index is -1.30. The fourth-order valence-electron chi connectivity index (χ4n) is 1.89. The molecule has 1 amide bonds. The molecule has 0 spiro atoms. The van der Waals surface area contributed by atoms with E-state index in [-0.39, 0.29) is 12.3 Å². The number of benzene rings is 1. The Morgan fingerprint density at radius 2 is 1.96 bits per heavy atom. The molecule has 7 heteroatoms. The smallest absolute Gasteiger partial charge is 0.328 e. The van der Waals surface area contributed by atoms with E-state index in [9.17, 15) is 9.59 Å². The number of carbonyl (C=O) groups is 2. The molecule has 6 nitrogen and oxygen atoms in total. The highest BCUT2D eigenvalue weighted by molar-refractivity contribution is 7.09. The average molecular weight is 348 g/mol. The van der Waals surface area contributed by atoms with Gasteiger partial charge in [0, 0.05) is 5.38 Å². The number of nitrogens with zero attached hydrogens (tertiary/aromatic N) is 1. The number of aryl methyl sites for hydroxylation is 1. The molecule has 24 heavy (non-hydrogen) atoms. The van der Waals surface area contributed by atoms with E-state index in [1.165, 1.54) is 25.2 Å². The summed E-state index contributed by atoms with van der Waals surface area (Å²) < 4.78 is 5.65. The first-order valence-corrected chi connectivity index (χ1v) is 8.31. The molecular weight excluding hydrogens is 328 g/mol. The lowest BCUT2D eigenvalue weighted by Crippen LogP contribution is -2.50. The van der Waals surface area contributed by atoms with E-state index in [0.29, 0.717) is 12.3 Å². The summed E-state index contributed by atoms with van der Waals surface area (Å²) in [5.41, 5.74) is 0.459. The number of amides is 1. The van der Waals surface area contributed by atoms with E-state index in [1.807, 2.05) is 31.2 Å². The Balaban J connectivity index is 1.87. The van der Waals surface area contributed by atoms with Gasteiger partial charge >= 0.3 is 5.97 Å². The number of hydrogen-bond donors (Lipinski definition) is 2. The fourth-order valence-corrected chi connectivity index (χ4v) is 2.59. The highest BCUT2D eigenvalue weighted by Crippen LogP contribution is 2.16. The number of aromatic nitrogens is 1. The third kappa shape index (κ3) is 5.06. The normalized spacial score (nSPS) is 11.1. The zero-order chi connectivity index (χ0) is 17.7. The largest absolute Gasteiger partial charge is 0.486 e. The van der Waals surface area contributed by atoms with Gasteiger partial charge in [-0.1, -0.05) is 17.7 Å². The molecule has 2 rings (SSSR count). The van der Waals surface area contributed by atoms with Gasteiger partial charge in [-0.05, 0) is 32.9 Å². The lowest BCUT2D eigenvalue weighted by atomic mass is 10.1. The van der Waals surface area contributed by atoms with Crippen molar-refractivity contribution in [2.45, 2.75) is 39.3 Å². The third-order valence-electron chi connectivity index (χ3n) is 3.31. The molecule has 0 saturated carbocycles. The van der Waals surface area contributed by atoms with Crippen LogP contribution in [0.5, 0.6) is 5.75 Å². The lowest BCUT2D eigenvalue weighted by molar-refractivity contribution is -0.145. The second-order valence-corrected chi connectivity index (χ2v) is 6.93. The third-order valence-corrected chi connectivity index (χ3v) is 4.18. The maximum atomic E-state index is 11.9. The van der Waals surface area contributed by atoms with Gasteiger partial charge in [0.1, 0.15) is 22.9 Å². The van der Waals surface area contributed by atoms with Crippen LogP contribution in [-0.2, 0) is 22.6 Å². The summed E-state index contributed by atoms with van der Waals surface area (Å²) in [4.78, 5) is 27.3. The predicted molar refractivity (Wildman–Crippen MR) is 91.2 cm³/mol. The van der Waals surface area contributed by atoms with Crippen LogP contribution in [-0.4, -0.2) is 27.5 Å². The fraction of sp³-hybridized carbons (Fsp3) is 0.353. The molecule has 2 aromatic rings. The maximum absolute atomic E-state index is 11.9. The van der Waals surface area contributed by atoms with Crippen molar-refractivity contribution in [3.63, 3.8) is 0 Å². The van der Waals surface area contributed by atoms with Crippen LogP contribution < -0.4 is 10.1 Å². The Kier molecular flexibility index (Phi) is 5.56. The monoisotopic (exact) mass is 348 g/mol. The number of ether oxygens (including phenoxy) is 1. The first-order valence-electron chi connectivity index (χ1n) is 7.43. The number of carbonyl (C=O) groups excluding carboxylic acids is 1. The maximum Gasteiger partial charge on any atom is 0.328 e. The summed E-state index contributed by atoms with van der Waals surface area (Å²) >= 11 is 1.41. The minimum absolute atomic E-state index is 0.0394. The Hall–Kier alpha value is -2.41. The van der Waals surface area contributed by atoms with Crippen molar-refractivity contribution in [3.05, 3.63) is 45.9 Å². The average Bonchev–Trinajstić information content (AvgIpc) is 2.93. The molecule has 1 aromatic heterocycles. The van der Waals surface area contributed by atoms with Gasteiger partial charge < -0.3 is 15.2 Å². The highest BCUT2D eigenvalue weighted by atomic mass is 32.1. The molecule has 128 valence electrons. The Labute approximate surface area is 144 Å². The molecule has 0 bridgehead atoms. The van der Waals surface area contributed by atoms with Gasteiger partial charge in [-0.25, -0.2) is 9.78 Å². The number of rotatable bonds is 7. The number of hydrogen-bond acceptors (Lipinski definition) is 5. The van der Waals surface area contributed by atoms with E-state index in [2.05, 4.69) is 10.3 Å². The molecular formula is C17H20N2O4S. The summed E-state index contributed by atoms with van der Waals surface area (Å²) in [7, 11) is 0. The summed E-state index contributed by atoms with van der Waals surface area (Å²) in [6, 6.07) is 7.73. The van der Waals surface area contributed by atoms with Crippen LogP contribution in [0.4, 0.5) is 0 Å². The summed E-state index contributed by atoms with van der Waals surface area (Å²) in [5.74, 6) is -0.696. The molecule has 1 heterocycles. The van der Waals surface area contributed by atoms with Gasteiger partial charge in [0.25, 0.3) is 0 Å². The molecule has 0 unspecified atom stereocenters. The van der Waals surface area contributed by atoms with Crippen molar-refractivity contribution in [2.24, 2.45) is 0 Å². The standard InChI is InChI=1S/C17H20N2O4S/c1-11-4-6-13(7-5-11)23-9-15-18-12(10-24-15)8-14(20)19-17(2,3)16(21)22/h4-7,10H,8-9H2,1-3H3,(H,19,20)(H,21,22). The van der Waals surface area contributed by atoms with Gasteiger partial charge in [0.05, 0.1) is 12.1 Å². The second-order valence-electron chi connectivity index (χ2n) is 5.99. The van der Waals surface area contributed by atoms with Crippen molar-refractivity contribution in [2.75, 3.05) is 0 Å². The molecule has 2 N–H and O–H groups in total. The van der Waals surface area contributed by atoms with E-state index in [1.54, 1.807) is 5.38 Å². The van der Waals surface area contributed by atoms with Crippen molar-refractivity contribution in [1.82, 2.24) is 10.3 Å². The lowest BCUT2D eigenvalue weighted by Gasteiger charge is -2.20. The predicted octanol–water partition coefficient (Wildman–Crippen LogP) is 2.55. The second kappa shape index (κ2) is 7.44. The van der Waals surface area contributed by atoms with Crippen molar-refractivity contribution < 1.29 is 19.4 Å². The number of carboxylic acids is 1. The van der Waals surface area contributed by atoms with Crippen molar-refractivity contribution in [3.8, 4) is 5.75 Å². The SMILES string of the molecule is Cc1ccc(OCc2nc(CC(=O)NC(C)(C)C(=O)O)cs2)cc1. The Bertz CT molecular complexity index is 722. The Morgan fingerprint density at radius 1 is 1.29 bits per heavy atom. The van der Waals surface area contributed by atoms with Crippen LogP contribution in [0.3, 0.4) is 0 Å². The van der Waals surface area contributed by atoms with Crippen molar-refractivity contribution in [1.29, 1.82) is 0 Å². The van der Waals surface area contributed by atoms with Crippen LogP contribution in [0.25, 0.3) is 0 Å². The summed E-state index contributed by atoms with van der Waals surface area (Å²) in [6.45, 7) is 5.22. The van der Waals surface area contributed by atoms with Gasteiger partial charge in [-0.15, -0.1) is 11.3 Å². The molecule has 0 radical (unpaired) electrons. The van der Waals surface area contributed by atoms with Gasteiger partial charge in [-0.3, -0.25) is 4.79 Å². The van der Waals surface area contributed by atoms with Gasteiger partial charge in [0.2, 0.25) is 5.91 Å². The minimum Gasteiger partial charge on any atom is -0.486 e. The van der Waals surface area contributed by atoms with Crippen LogP contribution in [0, 0.1) is 6.92 Å². The summed E-state index contributed by atoms with van der Waals surface area (Å²) in [6.07, 6.45) is 0.0394. The number of nitrogens with one attached hydrogen (secondary N) is 1. The van der Waals surface area contributed by atoms with E-state index < -0.39 is 11.5 Å². The van der Waals surface area contributed by atoms with E-state index in [4.69, 9.17) is 9.84 Å². The van der Waals surface area contributed by atoms with Crippen LogP contribution in [0.15, 0.2) is 29.6 Å². The molecule has 0 fully saturated rings. The molecule has 0 aliphatic carbocycles. The molecule has 1 aromatic carbocycles.